The third-order valence-corrected chi connectivity index (χ3v) is 3.95. The highest BCUT2D eigenvalue weighted by Crippen LogP contribution is 2.22. The number of nitrogens with two attached hydrogens (primary N) is 1. The van der Waals surface area contributed by atoms with Gasteiger partial charge >= 0.3 is 0 Å². The number of rotatable bonds is 4. The van der Waals surface area contributed by atoms with Crippen LogP contribution >= 0.6 is 11.3 Å². The van der Waals surface area contributed by atoms with Gasteiger partial charge in [0.25, 0.3) is 0 Å². The van der Waals surface area contributed by atoms with Crippen molar-refractivity contribution < 1.29 is 9.18 Å². The van der Waals surface area contributed by atoms with Crippen molar-refractivity contribution in [3.8, 4) is 0 Å². The third-order valence-electron chi connectivity index (χ3n) is 3.23. The van der Waals surface area contributed by atoms with E-state index in [-0.39, 0.29) is 24.2 Å². The molecule has 0 radical (unpaired) electrons. The van der Waals surface area contributed by atoms with Gasteiger partial charge in [0, 0.05) is 18.0 Å². The first-order valence-corrected chi connectivity index (χ1v) is 7.07. The molecule has 1 amide bonds. The molecule has 0 saturated heterocycles. The van der Waals surface area contributed by atoms with E-state index in [1.807, 2.05) is 0 Å². The second-order valence-corrected chi connectivity index (χ2v) is 5.45. The minimum absolute atomic E-state index is 0.119. The van der Waals surface area contributed by atoms with Gasteiger partial charge in [0.2, 0.25) is 5.91 Å². The van der Waals surface area contributed by atoms with Gasteiger partial charge in [0.1, 0.15) is 5.82 Å². The van der Waals surface area contributed by atoms with Crippen LogP contribution in [0.25, 0.3) is 0 Å². The number of nitrogens with zero attached hydrogens (tertiary/aromatic N) is 2. The van der Waals surface area contributed by atoms with Crippen molar-refractivity contribution in [1.82, 2.24) is 9.88 Å². The first-order valence-electron chi connectivity index (χ1n) is 6.19. The zero-order valence-corrected chi connectivity index (χ0v) is 12.2. The SMILES string of the molecule is CC(c1ccccc1F)N(C)C(=O)Cc1csc(N)n1. The van der Waals surface area contributed by atoms with Crippen LogP contribution in [-0.2, 0) is 11.2 Å². The molecular weight excluding hydrogens is 277 g/mol. The number of halogens is 1. The van der Waals surface area contributed by atoms with Crippen molar-refractivity contribution in [2.45, 2.75) is 19.4 Å². The van der Waals surface area contributed by atoms with Crippen molar-refractivity contribution in [2.75, 3.05) is 12.8 Å². The van der Waals surface area contributed by atoms with Crippen molar-refractivity contribution in [3.63, 3.8) is 0 Å². The van der Waals surface area contributed by atoms with Gasteiger partial charge in [-0.2, -0.15) is 0 Å². The number of anilines is 1. The van der Waals surface area contributed by atoms with Gasteiger partial charge in [0.15, 0.2) is 5.13 Å². The van der Waals surface area contributed by atoms with Crippen molar-refractivity contribution in [2.24, 2.45) is 0 Å². The van der Waals surface area contributed by atoms with Gasteiger partial charge in [-0.1, -0.05) is 18.2 Å². The summed E-state index contributed by atoms with van der Waals surface area (Å²) in [6.45, 7) is 1.80. The molecular formula is C14H16FN3OS. The van der Waals surface area contributed by atoms with E-state index in [0.717, 1.165) is 0 Å². The van der Waals surface area contributed by atoms with Crippen LogP contribution < -0.4 is 5.73 Å². The number of nitrogen functional groups attached to an aromatic ring is 1. The lowest BCUT2D eigenvalue weighted by atomic mass is 10.1. The Labute approximate surface area is 121 Å². The van der Waals surface area contributed by atoms with E-state index in [2.05, 4.69) is 4.98 Å². The average Bonchev–Trinajstić information content (AvgIpc) is 2.83. The molecule has 0 saturated carbocycles. The second kappa shape index (κ2) is 6.00. The van der Waals surface area contributed by atoms with Crippen molar-refractivity contribution in [3.05, 3.63) is 46.7 Å². The van der Waals surface area contributed by atoms with E-state index in [0.29, 0.717) is 16.4 Å². The molecule has 2 aromatic rings. The molecule has 1 aromatic carbocycles. The number of thiazole rings is 1. The minimum Gasteiger partial charge on any atom is -0.375 e. The molecule has 2 rings (SSSR count). The van der Waals surface area contributed by atoms with Gasteiger partial charge in [-0.25, -0.2) is 9.37 Å². The van der Waals surface area contributed by atoms with E-state index >= 15 is 0 Å². The summed E-state index contributed by atoms with van der Waals surface area (Å²) in [7, 11) is 1.66. The van der Waals surface area contributed by atoms with Crippen LogP contribution in [0.5, 0.6) is 0 Å². The molecule has 1 heterocycles. The lowest BCUT2D eigenvalue weighted by Gasteiger charge is -2.25. The Bertz CT molecular complexity index is 614. The Morgan fingerprint density at radius 3 is 2.80 bits per heavy atom. The molecule has 1 aromatic heterocycles. The molecule has 0 spiro atoms. The lowest BCUT2D eigenvalue weighted by Crippen LogP contribution is -2.31. The lowest BCUT2D eigenvalue weighted by molar-refractivity contribution is -0.131. The van der Waals surface area contributed by atoms with Crippen LogP contribution in [0.4, 0.5) is 9.52 Å². The van der Waals surface area contributed by atoms with Gasteiger partial charge < -0.3 is 10.6 Å². The molecule has 0 aliphatic rings. The van der Waals surface area contributed by atoms with Crippen LogP contribution in [0.15, 0.2) is 29.6 Å². The number of benzene rings is 1. The third kappa shape index (κ3) is 3.14. The molecule has 2 N–H and O–H groups in total. The van der Waals surface area contributed by atoms with Crippen LogP contribution in [0.1, 0.15) is 24.2 Å². The summed E-state index contributed by atoms with van der Waals surface area (Å²) in [6.07, 6.45) is 0.170. The van der Waals surface area contributed by atoms with Crippen molar-refractivity contribution >= 4 is 22.4 Å². The van der Waals surface area contributed by atoms with Crippen LogP contribution in [0, 0.1) is 5.82 Å². The molecule has 1 unspecified atom stereocenters. The van der Waals surface area contributed by atoms with E-state index < -0.39 is 0 Å². The van der Waals surface area contributed by atoms with Crippen LogP contribution in [-0.4, -0.2) is 22.8 Å². The number of carbonyl (C=O) groups is 1. The Morgan fingerprint density at radius 1 is 1.50 bits per heavy atom. The Morgan fingerprint density at radius 2 is 2.20 bits per heavy atom. The molecule has 106 valence electrons. The fourth-order valence-corrected chi connectivity index (χ4v) is 2.48. The zero-order valence-electron chi connectivity index (χ0n) is 11.3. The highest BCUT2D eigenvalue weighted by molar-refractivity contribution is 7.13. The molecule has 0 aliphatic heterocycles. The smallest absolute Gasteiger partial charge is 0.228 e. The average molecular weight is 293 g/mol. The topological polar surface area (TPSA) is 59.2 Å². The maximum absolute atomic E-state index is 13.7. The summed E-state index contributed by atoms with van der Waals surface area (Å²) in [5.41, 5.74) is 6.68. The molecule has 1 atom stereocenters. The minimum atomic E-state index is -0.334. The maximum Gasteiger partial charge on any atom is 0.228 e. The number of hydrogen-bond acceptors (Lipinski definition) is 4. The van der Waals surface area contributed by atoms with Crippen molar-refractivity contribution in [1.29, 1.82) is 0 Å². The largest absolute Gasteiger partial charge is 0.375 e. The number of amides is 1. The molecule has 0 fully saturated rings. The number of likely N-dealkylation sites (N-methyl/N-ethyl adjacent to an activating group) is 1. The summed E-state index contributed by atoms with van der Waals surface area (Å²) in [6, 6.07) is 6.13. The Hall–Kier alpha value is -1.95. The van der Waals surface area contributed by atoms with Gasteiger partial charge in [-0.05, 0) is 13.0 Å². The molecule has 4 nitrogen and oxygen atoms in total. The standard InChI is InChI=1S/C14H16FN3OS/c1-9(11-5-3-4-6-12(11)15)18(2)13(19)7-10-8-20-14(16)17-10/h3-6,8-9H,7H2,1-2H3,(H2,16,17). The number of carbonyl (C=O) groups excluding carboxylic acids is 1. The van der Waals surface area contributed by atoms with Gasteiger partial charge in [-0.3, -0.25) is 4.79 Å². The monoisotopic (exact) mass is 293 g/mol. The number of aromatic nitrogens is 1. The zero-order chi connectivity index (χ0) is 14.7. The van der Waals surface area contributed by atoms with Gasteiger partial charge in [-0.15, -0.1) is 11.3 Å². The van der Waals surface area contributed by atoms with E-state index in [1.54, 1.807) is 37.6 Å². The van der Waals surface area contributed by atoms with Gasteiger partial charge in [0.05, 0.1) is 18.2 Å². The Balaban J connectivity index is 2.08. The highest BCUT2D eigenvalue weighted by Gasteiger charge is 2.20. The van der Waals surface area contributed by atoms with E-state index in [9.17, 15) is 9.18 Å². The molecule has 0 bridgehead atoms. The summed E-state index contributed by atoms with van der Waals surface area (Å²) in [5.74, 6) is -0.427. The second-order valence-electron chi connectivity index (χ2n) is 4.56. The summed E-state index contributed by atoms with van der Waals surface area (Å²) in [5, 5.41) is 2.20. The molecule has 6 heteroatoms. The highest BCUT2D eigenvalue weighted by atomic mass is 32.1. The first kappa shape index (κ1) is 14.5. The predicted octanol–water partition coefficient (Wildman–Crippen LogP) is 2.63. The fraction of sp³-hybridized carbons (Fsp3) is 0.286. The summed E-state index contributed by atoms with van der Waals surface area (Å²) < 4.78 is 13.7. The Kier molecular flexibility index (Phi) is 4.34. The maximum atomic E-state index is 13.7. The van der Waals surface area contributed by atoms with Crippen LogP contribution in [0.3, 0.4) is 0 Å². The fourth-order valence-electron chi connectivity index (χ4n) is 1.92. The first-order chi connectivity index (χ1) is 9.49. The molecule has 0 aliphatic carbocycles. The number of hydrogen-bond donors (Lipinski definition) is 1. The summed E-state index contributed by atoms with van der Waals surface area (Å²) in [4.78, 5) is 17.8. The predicted molar refractivity (Wildman–Crippen MR) is 77.8 cm³/mol. The molecule has 20 heavy (non-hydrogen) atoms. The summed E-state index contributed by atoms with van der Waals surface area (Å²) >= 11 is 1.30. The van der Waals surface area contributed by atoms with E-state index in [4.69, 9.17) is 5.73 Å². The quantitative estimate of drug-likeness (QED) is 0.942. The van der Waals surface area contributed by atoms with Crippen LogP contribution in [0.2, 0.25) is 0 Å². The normalized spacial score (nSPS) is 12.2. The van der Waals surface area contributed by atoms with E-state index in [1.165, 1.54) is 22.3 Å².